The Morgan fingerprint density at radius 3 is 2.53 bits per heavy atom. The molecule has 0 fully saturated rings. The summed E-state index contributed by atoms with van der Waals surface area (Å²) in [5.41, 5.74) is 9.48. The van der Waals surface area contributed by atoms with Crippen LogP contribution in [0.15, 0.2) is 54.7 Å². The Balaban J connectivity index is 0.00000133. The number of aromatic nitrogens is 2. The van der Waals surface area contributed by atoms with Gasteiger partial charge in [0.2, 0.25) is 0 Å². The van der Waals surface area contributed by atoms with Crippen LogP contribution >= 0.6 is 12.4 Å². The Bertz CT molecular complexity index is 683. The van der Waals surface area contributed by atoms with E-state index in [1.165, 1.54) is 0 Å². The van der Waals surface area contributed by atoms with Gasteiger partial charge in [0, 0.05) is 23.7 Å². The first-order valence-electron chi connectivity index (χ1n) is 5.88. The smallest absolute Gasteiger partial charge is 0.0743 e. The molecule has 96 valence electrons. The van der Waals surface area contributed by atoms with Gasteiger partial charge in [-0.25, -0.2) is 4.98 Å². The van der Waals surface area contributed by atoms with Crippen molar-refractivity contribution in [2.45, 2.75) is 6.54 Å². The number of benzene rings is 1. The van der Waals surface area contributed by atoms with E-state index in [4.69, 9.17) is 5.73 Å². The van der Waals surface area contributed by atoms with Crippen LogP contribution in [0.25, 0.3) is 22.2 Å². The highest BCUT2D eigenvalue weighted by Crippen LogP contribution is 2.20. The van der Waals surface area contributed by atoms with Crippen LogP contribution in [0.3, 0.4) is 0 Å². The fourth-order valence-electron chi connectivity index (χ4n) is 1.94. The van der Waals surface area contributed by atoms with E-state index in [-0.39, 0.29) is 12.4 Å². The Morgan fingerprint density at radius 1 is 1.00 bits per heavy atom. The molecule has 3 nitrogen and oxygen atoms in total. The maximum Gasteiger partial charge on any atom is 0.0743 e. The SMILES string of the molecule is Cl.NCc1cc2nc(-c3ccccc3)ccc2cn1. The molecular weight excluding hydrogens is 258 g/mol. The summed E-state index contributed by atoms with van der Waals surface area (Å²) in [6, 6.07) is 16.1. The normalized spacial score (nSPS) is 10.2. The molecule has 1 aromatic carbocycles. The number of pyridine rings is 2. The Labute approximate surface area is 117 Å². The standard InChI is InChI=1S/C15H13N3.ClH/c16-9-13-8-15-12(10-17-13)6-7-14(18-15)11-4-2-1-3-5-11;/h1-8,10H,9,16H2;1H. The van der Waals surface area contributed by atoms with E-state index in [1.54, 1.807) is 0 Å². The van der Waals surface area contributed by atoms with Crippen LogP contribution in [0.5, 0.6) is 0 Å². The van der Waals surface area contributed by atoms with Gasteiger partial charge in [-0.1, -0.05) is 30.3 Å². The Morgan fingerprint density at radius 2 is 1.79 bits per heavy atom. The van der Waals surface area contributed by atoms with Crippen molar-refractivity contribution in [3.8, 4) is 11.3 Å². The summed E-state index contributed by atoms with van der Waals surface area (Å²) in [4.78, 5) is 8.92. The molecule has 0 saturated carbocycles. The van der Waals surface area contributed by atoms with Crippen molar-refractivity contribution in [2.24, 2.45) is 5.73 Å². The van der Waals surface area contributed by atoms with Crippen molar-refractivity contribution >= 4 is 23.3 Å². The molecule has 0 aliphatic carbocycles. The quantitative estimate of drug-likeness (QED) is 0.779. The first kappa shape index (κ1) is 13.5. The fraction of sp³-hybridized carbons (Fsp3) is 0.0667. The minimum Gasteiger partial charge on any atom is -0.325 e. The molecule has 0 unspecified atom stereocenters. The molecule has 2 N–H and O–H groups in total. The third kappa shape index (κ3) is 2.72. The molecule has 2 heterocycles. The summed E-state index contributed by atoms with van der Waals surface area (Å²) in [5, 5.41) is 1.03. The van der Waals surface area contributed by atoms with Gasteiger partial charge in [-0.15, -0.1) is 12.4 Å². The van der Waals surface area contributed by atoms with Crippen molar-refractivity contribution in [3.63, 3.8) is 0 Å². The summed E-state index contributed by atoms with van der Waals surface area (Å²) < 4.78 is 0. The number of halogens is 1. The zero-order valence-electron chi connectivity index (χ0n) is 10.3. The topological polar surface area (TPSA) is 51.8 Å². The predicted molar refractivity (Wildman–Crippen MR) is 80.1 cm³/mol. The lowest BCUT2D eigenvalue weighted by molar-refractivity contribution is 0.996. The van der Waals surface area contributed by atoms with Crippen molar-refractivity contribution in [3.05, 3.63) is 60.4 Å². The van der Waals surface area contributed by atoms with Crippen molar-refractivity contribution in [1.29, 1.82) is 0 Å². The number of fused-ring (bicyclic) bond motifs is 1. The number of rotatable bonds is 2. The summed E-state index contributed by atoms with van der Waals surface area (Å²) in [5.74, 6) is 0. The molecule has 0 atom stereocenters. The van der Waals surface area contributed by atoms with Crippen molar-refractivity contribution in [2.75, 3.05) is 0 Å². The highest BCUT2D eigenvalue weighted by Gasteiger charge is 2.02. The van der Waals surface area contributed by atoms with Crippen molar-refractivity contribution < 1.29 is 0 Å². The lowest BCUT2D eigenvalue weighted by atomic mass is 10.1. The van der Waals surface area contributed by atoms with Crippen LogP contribution < -0.4 is 5.73 Å². The molecule has 3 aromatic rings. The van der Waals surface area contributed by atoms with E-state index in [1.807, 2.05) is 42.6 Å². The van der Waals surface area contributed by atoms with Crippen LogP contribution in [0, 0.1) is 0 Å². The maximum absolute atomic E-state index is 5.60. The second kappa shape index (κ2) is 5.78. The Kier molecular flexibility index (Phi) is 4.10. The second-order valence-electron chi connectivity index (χ2n) is 4.13. The molecule has 19 heavy (non-hydrogen) atoms. The van der Waals surface area contributed by atoms with Gasteiger partial charge in [0.05, 0.1) is 16.9 Å². The third-order valence-corrected chi connectivity index (χ3v) is 2.91. The van der Waals surface area contributed by atoms with Gasteiger partial charge in [0.1, 0.15) is 0 Å². The molecule has 0 radical (unpaired) electrons. The van der Waals surface area contributed by atoms with E-state index < -0.39 is 0 Å². The van der Waals surface area contributed by atoms with Gasteiger partial charge in [-0.2, -0.15) is 0 Å². The summed E-state index contributed by atoms with van der Waals surface area (Å²) in [7, 11) is 0. The molecule has 2 aromatic heterocycles. The van der Waals surface area contributed by atoms with Gasteiger partial charge < -0.3 is 5.73 Å². The van der Waals surface area contributed by atoms with E-state index in [9.17, 15) is 0 Å². The molecule has 0 amide bonds. The first-order valence-corrected chi connectivity index (χ1v) is 5.88. The average molecular weight is 272 g/mol. The van der Waals surface area contributed by atoms with E-state index in [2.05, 4.69) is 22.1 Å². The van der Waals surface area contributed by atoms with Gasteiger partial charge in [-0.3, -0.25) is 4.98 Å². The van der Waals surface area contributed by atoms with Gasteiger partial charge in [0.25, 0.3) is 0 Å². The zero-order valence-corrected chi connectivity index (χ0v) is 11.1. The number of nitrogens with zero attached hydrogens (tertiary/aromatic N) is 2. The van der Waals surface area contributed by atoms with Crippen molar-refractivity contribution in [1.82, 2.24) is 9.97 Å². The number of hydrogen-bond acceptors (Lipinski definition) is 3. The first-order chi connectivity index (χ1) is 8.86. The van der Waals surface area contributed by atoms with Crippen LogP contribution in [-0.2, 0) is 6.54 Å². The molecule has 4 heteroatoms. The third-order valence-electron chi connectivity index (χ3n) is 2.91. The van der Waals surface area contributed by atoms with Gasteiger partial charge in [0.15, 0.2) is 0 Å². The highest BCUT2D eigenvalue weighted by atomic mass is 35.5. The molecule has 0 spiro atoms. The van der Waals surface area contributed by atoms with Crippen LogP contribution in [0.1, 0.15) is 5.69 Å². The average Bonchev–Trinajstić information content (AvgIpc) is 2.47. The van der Waals surface area contributed by atoms with Crippen LogP contribution in [0.2, 0.25) is 0 Å². The monoisotopic (exact) mass is 271 g/mol. The molecule has 0 aliphatic rings. The van der Waals surface area contributed by atoms with Crippen LogP contribution in [-0.4, -0.2) is 9.97 Å². The molecule has 0 bridgehead atoms. The summed E-state index contributed by atoms with van der Waals surface area (Å²) in [6.07, 6.45) is 1.82. The number of hydrogen-bond donors (Lipinski definition) is 1. The maximum atomic E-state index is 5.60. The zero-order chi connectivity index (χ0) is 12.4. The van der Waals surface area contributed by atoms with E-state index >= 15 is 0 Å². The fourth-order valence-corrected chi connectivity index (χ4v) is 1.94. The summed E-state index contributed by atoms with van der Waals surface area (Å²) >= 11 is 0. The lowest BCUT2D eigenvalue weighted by Gasteiger charge is -2.04. The molecular formula is C15H14ClN3. The Hall–Kier alpha value is -1.97. The summed E-state index contributed by atoms with van der Waals surface area (Å²) in [6.45, 7) is 0.438. The molecule has 3 rings (SSSR count). The minimum atomic E-state index is 0. The minimum absolute atomic E-state index is 0. The highest BCUT2D eigenvalue weighted by molar-refractivity contribution is 5.85. The lowest BCUT2D eigenvalue weighted by Crippen LogP contribution is -1.99. The molecule has 0 aliphatic heterocycles. The van der Waals surface area contributed by atoms with E-state index in [0.717, 1.165) is 27.9 Å². The number of nitrogens with two attached hydrogens (primary N) is 1. The van der Waals surface area contributed by atoms with Gasteiger partial charge in [-0.05, 0) is 18.2 Å². The van der Waals surface area contributed by atoms with Gasteiger partial charge >= 0.3 is 0 Å². The second-order valence-corrected chi connectivity index (χ2v) is 4.13. The molecule has 0 saturated heterocycles. The predicted octanol–water partition coefficient (Wildman–Crippen LogP) is 3.18. The largest absolute Gasteiger partial charge is 0.325 e. The van der Waals surface area contributed by atoms with E-state index in [0.29, 0.717) is 6.54 Å². The van der Waals surface area contributed by atoms with Crippen LogP contribution in [0.4, 0.5) is 0 Å².